The molecule has 3 heteroatoms. The van der Waals surface area contributed by atoms with Gasteiger partial charge in [-0.1, -0.05) is 30.0 Å². The Morgan fingerprint density at radius 1 is 1.19 bits per heavy atom. The van der Waals surface area contributed by atoms with Crippen LogP contribution in [0.15, 0.2) is 24.3 Å². The average Bonchev–Trinajstić information content (AvgIpc) is 2.74. The van der Waals surface area contributed by atoms with Gasteiger partial charge in [-0.25, -0.2) is 0 Å². The average molecular weight is 283 g/mol. The molecule has 2 atom stereocenters. The molecule has 1 aromatic rings. The second-order valence-electron chi connectivity index (χ2n) is 6.24. The molecule has 2 heterocycles. The number of hydrogen-bond acceptors (Lipinski definition) is 3. The topological polar surface area (TPSA) is 32.5 Å². The third-order valence-electron chi connectivity index (χ3n) is 4.97. The number of likely N-dealkylation sites (tertiary alicyclic amines) is 1. The van der Waals surface area contributed by atoms with Gasteiger partial charge in [0.1, 0.15) is 0 Å². The molecule has 2 N–H and O–H groups in total. The molecule has 0 saturated carbocycles. The van der Waals surface area contributed by atoms with Crippen LogP contribution in [-0.4, -0.2) is 48.6 Å². The minimum Gasteiger partial charge on any atom is -0.320 e. The van der Waals surface area contributed by atoms with Gasteiger partial charge in [-0.05, 0) is 37.9 Å². The number of nitrogens with two attached hydrogens (primary N) is 1. The van der Waals surface area contributed by atoms with E-state index in [1.807, 2.05) is 0 Å². The molecule has 1 aromatic carbocycles. The predicted octanol–water partition coefficient (Wildman–Crippen LogP) is 1.67. The molecular weight excluding hydrogens is 258 g/mol. The Morgan fingerprint density at radius 3 is 2.86 bits per heavy atom. The molecule has 2 saturated heterocycles. The molecule has 112 valence electrons. The molecule has 2 bridgehead atoms. The highest BCUT2D eigenvalue weighted by molar-refractivity contribution is 5.41. The second-order valence-corrected chi connectivity index (χ2v) is 6.24. The zero-order valence-corrected chi connectivity index (χ0v) is 12.9. The first-order chi connectivity index (χ1) is 10.3. The highest BCUT2D eigenvalue weighted by Gasteiger charge is 2.34. The maximum Gasteiger partial charge on any atom is 0.0555 e. The summed E-state index contributed by atoms with van der Waals surface area (Å²) in [5, 5.41) is 0. The van der Waals surface area contributed by atoms with Crippen molar-refractivity contribution >= 4 is 0 Å². The maximum absolute atomic E-state index is 5.50. The zero-order chi connectivity index (χ0) is 14.7. The number of likely N-dealkylation sites (N-methyl/N-ethyl adjacent to an activating group) is 1. The Hall–Kier alpha value is -1.34. The molecule has 2 aliphatic rings. The minimum absolute atomic E-state index is 0.423. The number of rotatable bonds is 2. The van der Waals surface area contributed by atoms with Crippen LogP contribution in [0.25, 0.3) is 0 Å². The molecule has 0 spiro atoms. The SMILES string of the molecule is CN1C2CCC1CN(Cc1ccccc1C#CCN)CC2. The smallest absolute Gasteiger partial charge is 0.0555 e. The fraction of sp³-hybridized carbons (Fsp3) is 0.556. The first-order valence-electron chi connectivity index (χ1n) is 7.99. The van der Waals surface area contributed by atoms with Gasteiger partial charge in [0.05, 0.1) is 6.54 Å². The standard InChI is InChI=1S/C18H25N3/c1-20-17-8-9-18(20)14-21(12-10-17)13-16-6-3-2-5-15(16)7-4-11-19/h2-3,5-6,17-18H,8-14,19H2,1H3. The normalized spacial score (nSPS) is 26.2. The second kappa shape index (κ2) is 6.62. The molecule has 0 amide bonds. The Labute approximate surface area is 128 Å². The van der Waals surface area contributed by atoms with Crippen molar-refractivity contribution in [3.05, 3.63) is 35.4 Å². The third-order valence-corrected chi connectivity index (χ3v) is 4.97. The summed E-state index contributed by atoms with van der Waals surface area (Å²) in [4.78, 5) is 5.20. The Balaban J connectivity index is 1.72. The Bertz CT molecular complexity index is 543. The minimum atomic E-state index is 0.423. The quantitative estimate of drug-likeness (QED) is 0.838. The van der Waals surface area contributed by atoms with E-state index in [2.05, 4.69) is 53.0 Å². The summed E-state index contributed by atoms with van der Waals surface area (Å²) in [7, 11) is 2.30. The van der Waals surface area contributed by atoms with Gasteiger partial charge in [0.25, 0.3) is 0 Å². The van der Waals surface area contributed by atoms with Crippen LogP contribution in [0, 0.1) is 11.8 Å². The van der Waals surface area contributed by atoms with E-state index in [0.29, 0.717) is 6.54 Å². The highest BCUT2D eigenvalue weighted by Crippen LogP contribution is 2.29. The van der Waals surface area contributed by atoms with Crippen molar-refractivity contribution in [1.82, 2.24) is 9.80 Å². The van der Waals surface area contributed by atoms with Crippen molar-refractivity contribution in [2.75, 3.05) is 26.7 Å². The molecule has 2 aliphatic heterocycles. The van der Waals surface area contributed by atoms with Gasteiger partial charge in [-0.3, -0.25) is 9.80 Å². The summed E-state index contributed by atoms with van der Waals surface area (Å²) in [6.45, 7) is 3.81. The number of benzene rings is 1. The van der Waals surface area contributed by atoms with Crippen LogP contribution < -0.4 is 5.73 Å². The first kappa shape index (κ1) is 14.6. The lowest BCUT2D eigenvalue weighted by Crippen LogP contribution is -2.36. The summed E-state index contributed by atoms with van der Waals surface area (Å²) in [5.74, 6) is 6.19. The zero-order valence-electron chi connectivity index (χ0n) is 12.9. The fourth-order valence-corrected chi connectivity index (χ4v) is 3.69. The molecule has 2 unspecified atom stereocenters. The monoisotopic (exact) mass is 283 g/mol. The van der Waals surface area contributed by atoms with Crippen LogP contribution in [0.2, 0.25) is 0 Å². The lowest BCUT2D eigenvalue weighted by Gasteiger charge is -2.26. The summed E-state index contributed by atoms with van der Waals surface area (Å²) in [6.07, 6.45) is 4.03. The summed E-state index contributed by atoms with van der Waals surface area (Å²) in [6, 6.07) is 10.0. The van der Waals surface area contributed by atoms with Crippen molar-refractivity contribution in [3.8, 4) is 11.8 Å². The molecule has 0 aromatic heterocycles. The van der Waals surface area contributed by atoms with Crippen LogP contribution in [-0.2, 0) is 6.54 Å². The number of nitrogens with zero attached hydrogens (tertiary/aromatic N) is 2. The highest BCUT2D eigenvalue weighted by atomic mass is 15.3. The van der Waals surface area contributed by atoms with Gasteiger partial charge in [-0.2, -0.15) is 0 Å². The van der Waals surface area contributed by atoms with Crippen LogP contribution in [0.4, 0.5) is 0 Å². The summed E-state index contributed by atoms with van der Waals surface area (Å²) in [5.41, 5.74) is 7.96. The van der Waals surface area contributed by atoms with Crippen molar-refractivity contribution < 1.29 is 0 Å². The van der Waals surface area contributed by atoms with E-state index in [0.717, 1.165) is 24.2 Å². The first-order valence-corrected chi connectivity index (χ1v) is 7.99. The van der Waals surface area contributed by atoms with Crippen LogP contribution in [0.1, 0.15) is 30.4 Å². The molecule has 2 fully saturated rings. The van der Waals surface area contributed by atoms with Crippen molar-refractivity contribution in [2.24, 2.45) is 5.73 Å². The van der Waals surface area contributed by atoms with Gasteiger partial charge >= 0.3 is 0 Å². The Kier molecular flexibility index (Phi) is 4.60. The lowest BCUT2D eigenvalue weighted by atomic mass is 10.0. The number of hydrogen-bond donors (Lipinski definition) is 1. The Morgan fingerprint density at radius 2 is 2.00 bits per heavy atom. The molecule has 3 nitrogen and oxygen atoms in total. The van der Waals surface area contributed by atoms with E-state index in [1.54, 1.807) is 0 Å². The van der Waals surface area contributed by atoms with Gasteiger partial charge in [0.2, 0.25) is 0 Å². The van der Waals surface area contributed by atoms with E-state index < -0.39 is 0 Å². The predicted molar refractivity (Wildman–Crippen MR) is 86.8 cm³/mol. The molecule has 3 rings (SSSR count). The third kappa shape index (κ3) is 3.29. The van der Waals surface area contributed by atoms with E-state index >= 15 is 0 Å². The van der Waals surface area contributed by atoms with E-state index in [-0.39, 0.29) is 0 Å². The van der Waals surface area contributed by atoms with E-state index in [4.69, 9.17) is 5.73 Å². The van der Waals surface area contributed by atoms with Crippen LogP contribution >= 0.6 is 0 Å². The van der Waals surface area contributed by atoms with Crippen LogP contribution in [0.3, 0.4) is 0 Å². The van der Waals surface area contributed by atoms with Gasteiger partial charge in [-0.15, -0.1) is 0 Å². The van der Waals surface area contributed by atoms with Crippen molar-refractivity contribution in [1.29, 1.82) is 0 Å². The lowest BCUT2D eigenvalue weighted by molar-refractivity contribution is 0.214. The van der Waals surface area contributed by atoms with E-state index in [9.17, 15) is 0 Å². The van der Waals surface area contributed by atoms with Gasteiger partial charge < -0.3 is 5.73 Å². The molecule has 0 radical (unpaired) electrons. The van der Waals surface area contributed by atoms with Crippen molar-refractivity contribution in [3.63, 3.8) is 0 Å². The van der Waals surface area contributed by atoms with Crippen molar-refractivity contribution in [2.45, 2.75) is 37.9 Å². The molecular formula is C18H25N3. The largest absolute Gasteiger partial charge is 0.320 e. The van der Waals surface area contributed by atoms with Crippen LogP contribution in [0.5, 0.6) is 0 Å². The van der Waals surface area contributed by atoms with E-state index in [1.165, 1.54) is 37.9 Å². The summed E-state index contributed by atoms with van der Waals surface area (Å²) >= 11 is 0. The maximum atomic E-state index is 5.50. The van der Waals surface area contributed by atoms with Gasteiger partial charge in [0, 0.05) is 37.3 Å². The summed E-state index contributed by atoms with van der Waals surface area (Å²) < 4.78 is 0. The fourth-order valence-electron chi connectivity index (χ4n) is 3.69. The molecule has 21 heavy (non-hydrogen) atoms. The van der Waals surface area contributed by atoms with Gasteiger partial charge in [0.15, 0.2) is 0 Å². The number of fused-ring (bicyclic) bond motifs is 2. The molecule has 0 aliphatic carbocycles.